The first-order chi connectivity index (χ1) is 17.6. The zero-order chi connectivity index (χ0) is 24.6. The summed E-state index contributed by atoms with van der Waals surface area (Å²) in [5.74, 6) is 1.27. The van der Waals surface area contributed by atoms with Gasteiger partial charge >= 0.3 is 0 Å². The average molecular weight is 557 g/mol. The van der Waals surface area contributed by atoms with Crippen molar-refractivity contribution in [3.63, 3.8) is 0 Å². The molecule has 0 spiro atoms. The third-order valence-electron chi connectivity index (χ3n) is 6.06. The van der Waals surface area contributed by atoms with Crippen LogP contribution in [0.2, 0.25) is 0 Å². The highest BCUT2D eigenvalue weighted by atomic mass is 79.9. The van der Waals surface area contributed by atoms with Crippen molar-refractivity contribution < 1.29 is 9.47 Å². The fourth-order valence-corrected chi connectivity index (χ4v) is 5.78. The largest absolute Gasteiger partial charge is 0.490 e. The monoisotopic (exact) mass is 556 g/mol. The lowest BCUT2D eigenvalue weighted by Gasteiger charge is -2.15. The number of nitrogens with zero attached hydrogens (tertiary/aromatic N) is 2. The first-order valence-corrected chi connectivity index (χ1v) is 13.2. The Labute approximate surface area is 219 Å². The lowest BCUT2D eigenvalue weighted by atomic mass is 10.1. The third kappa shape index (κ3) is 4.04. The predicted octanol–water partition coefficient (Wildman–Crippen LogP) is 6.35. The van der Waals surface area contributed by atoms with Gasteiger partial charge in [0.1, 0.15) is 6.61 Å². The minimum absolute atomic E-state index is 0.0788. The molecule has 0 saturated heterocycles. The number of thiazole rings is 1. The second-order valence-corrected chi connectivity index (χ2v) is 10.2. The van der Waals surface area contributed by atoms with E-state index in [1.54, 1.807) is 4.40 Å². The summed E-state index contributed by atoms with van der Waals surface area (Å²) in [5.41, 5.74) is 3.50. The summed E-state index contributed by atoms with van der Waals surface area (Å²) < 4.78 is 15.2. The van der Waals surface area contributed by atoms with Crippen molar-refractivity contribution in [1.82, 2.24) is 9.38 Å². The van der Waals surface area contributed by atoms with Crippen LogP contribution < -0.4 is 19.6 Å². The minimum Gasteiger partial charge on any atom is -0.490 e. The normalized spacial score (nSPS) is 12.1. The van der Waals surface area contributed by atoms with E-state index in [-0.39, 0.29) is 5.56 Å². The Morgan fingerprint density at radius 2 is 1.75 bits per heavy atom. The van der Waals surface area contributed by atoms with Crippen LogP contribution in [0, 0.1) is 0 Å². The molecule has 7 heteroatoms. The molecule has 0 amide bonds. The number of para-hydroxylation sites is 2. The maximum Gasteiger partial charge on any atom is 0.274 e. The summed E-state index contributed by atoms with van der Waals surface area (Å²) in [6.45, 7) is 2.85. The molecule has 0 atom stereocenters. The Kier molecular flexibility index (Phi) is 5.95. The summed E-state index contributed by atoms with van der Waals surface area (Å²) in [7, 11) is 0. The lowest BCUT2D eigenvalue weighted by Crippen LogP contribution is -2.22. The fourth-order valence-electron chi connectivity index (χ4n) is 4.37. The molecular formula is C29H21BrN2O3S. The average Bonchev–Trinajstić information content (AvgIpc) is 3.41. The van der Waals surface area contributed by atoms with Gasteiger partial charge in [0, 0.05) is 4.47 Å². The molecule has 0 radical (unpaired) electrons. The molecule has 0 unspecified atom stereocenters. The van der Waals surface area contributed by atoms with Gasteiger partial charge in [0.05, 0.1) is 22.2 Å². The van der Waals surface area contributed by atoms with Crippen LogP contribution in [0.15, 0.2) is 88.1 Å². The summed E-state index contributed by atoms with van der Waals surface area (Å²) in [6.07, 6.45) is 1.87. The van der Waals surface area contributed by atoms with E-state index in [2.05, 4.69) is 45.2 Å². The molecule has 0 aliphatic rings. The van der Waals surface area contributed by atoms with Gasteiger partial charge in [0.25, 0.3) is 5.56 Å². The van der Waals surface area contributed by atoms with Gasteiger partial charge in [-0.25, -0.2) is 9.38 Å². The van der Waals surface area contributed by atoms with Crippen molar-refractivity contribution >= 4 is 60.1 Å². The van der Waals surface area contributed by atoms with E-state index < -0.39 is 0 Å². The number of ether oxygens (including phenoxy) is 2. The smallest absolute Gasteiger partial charge is 0.274 e. The van der Waals surface area contributed by atoms with E-state index in [9.17, 15) is 4.79 Å². The first-order valence-electron chi connectivity index (χ1n) is 11.6. The van der Waals surface area contributed by atoms with Crippen molar-refractivity contribution in [2.45, 2.75) is 13.5 Å². The second kappa shape index (κ2) is 9.41. The number of hydrogen-bond acceptors (Lipinski definition) is 5. The highest BCUT2D eigenvalue weighted by Gasteiger charge is 2.14. The number of hydrogen-bond donors (Lipinski definition) is 0. The highest BCUT2D eigenvalue weighted by molar-refractivity contribution is 9.10. The molecule has 6 rings (SSSR count). The van der Waals surface area contributed by atoms with Crippen LogP contribution in [0.3, 0.4) is 0 Å². The number of rotatable bonds is 6. The van der Waals surface area contributed by atoms with E-state index in [1.807, 2.05) is 67.6 Å². The maximum absolute atomic E-state index is 13.2. The zero-order valence-corrected chi connectivity index (χ0v) is 21.8. The van der Waals surface area contributed by atoms with E-state index in [1.165, 1.54) is 22.1 Å². The summed E-state index contributed by atoms with van der Waals surface area (Å²) in [6, 6.07) is 26.0. The van der Waals surface area contributed by atoms with Crippen molar-refractivity contribution in [2.24, 2.45) is 0 Å². The van der Waals surface area contributed by atoms with Crippen LogP contribution in [0.4, 0.5) is 0 Å². The number of halogens is 1. The number of benzene rings is 4. The van der Waals surface area contributed by atoms with Gasteiger partial charge in [-0.3, -0.25) is 4.79 Å². The number of imidazole rings is 1. The summed E-state index contributed by atoms with van der Waals surface area (Å²) >= 11 is 5.04. The molecule has 0 N–H and O–H groups in total. The topological polar surface area (TPSA) is 52.8 Å². The Hall–Kier alpha value is -3.68. The second-order valence-electron chi connectivity index (χ2n) is 8.31. The van der Waals surface area contributed by atoms with Crippen LogP contribution in [0.25, 0.3) is 32.8 Å². The van der Waals surface area contributed by atoms with E-state index in [0.717, 1.165) is 26.6 Å². The Morgan fingerprint density at radius 3 is 2.64 bits per heavy atom. The molecule has 0 aliphatic heterocycles. The van der Waals surface area contributed by atoms with Gasteiger partial charge in [0.2, 0.25) is 0 Å². The molecule has 0 aliphatic carbocycles. The molecular weight excluding hydrogens is 536 g/mol. The Bertz CT molecular complexity index is 1850. The van der Waals surface area contributed by atoms with Crippen LogP contribution >= 0.6 is 27.3 Å². The van der Waals surface area contributed by atoms with Crippen molar-refractivity contribution in [2.75, 3.05) is 6.61 Å². The Balaban J connectivity index is 1.37. The minimum atomic E-state index is -0.0788. The number of aromatic nitrogens is 2. The Morgan fingerprint density at radius 1 is 0.972 bits per heavy atom. The molecule has 178 valence electrons. The van der Waals surface area contributed by atoms with Gasteiger partial charge in [-0.1, -0.05) is 81.9 Å². The molecule has 5 nitrogen and oxygen atoms in total. The quantitative estimate of drug-likeness (QED) is 0.240. The van der Waals surface area contributed by atoms with Gasteiger partial charge in [0.15, 0.2) is 16.5 Å². The molecule has 4 aromatic carbocycles. The molecule has 6 aromatic rings. The zero-order valence-electron chi connectivity index (χ0n) is 19.4. The predicted molar refractivity (Wildman–Crippen MR) is 149 cm³/mol. The van der Waals surface area contributed by atoms with Gasteiger partial charge < -0.3 is 9.47 Å². The van der Waals surface area contributed by atoms with Crippen LogP contribution in [0.5, 0.6) is 11.5 Å². The van der Waals surface area contributed by atoms with E-state index in [0.29, 0.717) is 34.2 Å². The standard InChI is InChI=1S/C29H21BrN2O3S/c1-2-34-25-14-20(15-27-28(33)32-24-13-6-5-12-23(24)31-29(32)36-27)22(30)16-26(25)35-17-19-10-7-9-18-8-3-4-11-21(18)19/h3-16H,2,17H2,1H3/b27-15-. The first kappa shape index (κ1) is 22.8. The van der Waals surface area contributed by atoms with Gasteiger partial charge in [-0.15, -0.1) is 0 Å². The lowest BCUT2D eigenvalue weighted by molar-refractivity contribution is 0.270. The van der Waals surface area contributed by atoms with E-state index in [4.69, 9.17) is 9.47 Å². The van der Waals surface area contributed by atoms with Crippen LogP contribution in [0.1, 0.15) is 18.1 Å². The number of fused-ring (bicyclic) bond motifs is 4. The van der Waals surface area contributed by atoms with Crippen LogP contribution in [-0.2, 0) is 6.61 Å². The molecule has 2 aromatic heterocycles. The molecule has 36 heavy (non-hydrogen) atoms. The van der Waals surface area contributed by atoms with Crippen LogP contribution in [-0.4, -0.2) is 16.0 Å². The van der Waals surface area contributed by atoms with Crippen molar-refractivity contribution in [1.29, 1.82) is 0 Å². The molecule has 0 fully saturated rings. The molecule has 2 heterocycles. The van der Waals surface area contributed by atoms with E-state index >= 15 is 0 Å². The summed E-state index contributed by atoms with van der Waals surface area (Å²) in [5, 5.41) is 2.35. The molecule has 0 saturated carbocycles. The fraction of sp³-hybridized carbons (Fsp3) is 0.103. The molecule has 0 bridgehead atoms. The third-order valence-corrected chi connectivity index (χ3v) is 7.71. The van der Waals surface area contributed by atoms with Gasteiger partial charge in [-0.05, 0) is 59.2 Å². The maximum atomic E-state index is 13.2. The summed E-state index contributed by atoms with van der Waals surface area (Å²) in [4.78, 5) is 18.5. The van der Waals surface area contributed by atoms with Gasteiger partial charge in [-0.2, -0.15) is 0 Å². The SMILES string of the molecule is CCOc1cc(/C=c2\sc3nc4ccccc4n3c2=O)c(Br)cc1OCc1cccc2ccccc12. The highest BCUT2D eigenvalue weighted by Crippen LogP contribution is 2.35. The van der Waals surface area contributed by atoms with Crippen molar-refractivity contribution in [3.8, 4) is 11.5 Å². The van der Waals surface area contributed by atoms with Crippen molar-refractivity contribution in [3.05, 3.63) is 109 Å².